The van der Waals surface area contributed by atoms with E-state index < -0.39 is 29.2 Å². The zero-order valence-corrected chi connectivity index (χ0v) is 15.9. The largest absolute Gasteiger partial charge is 0.478 e. The summed E-state index contributed by atoms with van der Waals surface area (Å²) in [5, 5.41) is 13.2. The summed E-state index contributed by atoms with van der Waals surface area (Å²) in [4.78, 5) is 24.0. The van der Waals surface area contributed by atoms with Crippen LogP contribution in [-0.2, 0) is 6.18 Å². The van der Waals surface area contributed by atoms with E-state index in [0.29, 0.717) is 11.1 Å². The number of rotatable bonds is 2. The second-order valence-electron chi connectivity index (χ2n) is 5.50. The summed E-state index contributed by atoms with van der Waals surface area (Å²) in [5.74, 6) is -2.33. The minimum absolute atomic E-state index is 0.0837. The maximum atomic E-state index is 13.3. The highest BCUT2D eigenvalue weighted by Crippen LogP contribution is 2.36. The van der Waals surface area contributed by atoms with Crippen molar-refractivity contribution in [2.45, 2.75) is 26.9 Å². The van der Waals surface area contributed by atoms with Gasteiger partial charge in [-0.05, 0) is 31.2 Å². The first kappa shape index (κ1) is 21.4. The molecule has 2 aromatic carbocycles. The van der Waals surface area contributed by atoms with Crippen LogP contribution in [0.3, 0.4) is 0 Å². The van der Waals surface area contributed by atoms with Crippen molar-refractivity contribution in [1.82, 2.24) is 9.78 Å². The van der Waals surface area contributed by atoms with Crippen LogP contribution < -0.4 is 0 Å². The van der Waals surface area contributed by atoms with Crippen molar-refractivity contribution in [3.05, 3.63) is 63.8 Å². The Labute approximate surface area is 163 Å². The molecular weight excluding hydrogens is 397 g/mol. The normalized spacial score (nSPS) is 11.1. The number of nitrogens with zero attached hydrogens (tertiary/aromatic N) is 2. The molecule has 0 aliphatic rings. The lowest BCUT2D eigenvalue weighted by Crippen LogP contribution is -2.20. The van der Waals surface area contributed by atoms with Crippen molar-refractivity contribution < 1.29 is 27.9 Å². The van der Waals surface area contributed by atoms with E-state index in [2.05, 4.69) is 5.10 Å². The summed E-state index contributed by atoms with van der Waals surface area (Å²) < 4.78 is 40.6. The molecule has 0 aliphatic carbocycles. The Kier molecular flexibility index (Phi) is 6.14. The molecule has 0 aliphatic heterocycles. The Bertz CT molecular complexity index is 1060. The van der Waals surface area contributed by atoms with Gasteiger partial charge in [-0.3, -0.25) is 4.79 Å². The SMILES string of the molecule is CC.Cc1nn(C(=O)c2c(Cl)cccc2C(F)(F)F)c2cc(C(=O)O)ccc12. The second-order valence-corrected chi connectivity index (χ2v) is 5.91. The average molecular weight is 413 g/mol. The van der Waals surface area contributed by atoms with Gasteiger partial charge in [-0.1, -0.05) is 37.6 Å². The molecule has 1 N–H and O–H groups in total. The number of aryl methyl sites for hydroxylation is 1. The van der Waals surface area contributed by atoms with Gasteiger partial charge in [0, 0.05) is 5.39 Å². The Morgan fingerprint density at radius 1 is 1.14 bits per heavy atom. The maximum Gasteiger partial charge on any atom is 0.417 e. The van der Waals surface area contributed by atoms with Gasteiger partial charge in [-0.2, -0.15) is 23.0 Å². The zero-order chi connectivity index (χ0) is 21.2. The zero-order valence-electron chi connectivity index (χ0n) is 15.1. The molecule has 9 heteroatoms. The van der Waals surface area contributed by atoms with E-state index in [-0.39, 0.29) is 16.1 Å². The van der Waals surface area contributed by atoms with Crippen LogP contribution in [0.4, 0.5) is 13.2 Å². The molecule has 1 aromatic heterocycles. The Hall–Kier alpha value is -2.87. The van der Waals surface area contributed by atoms with E-state index in [0.717, 1.165) is 16.8 Å². The molecule has 148 valence electrons. The lowest BCUT2D eigenvalue weighted by atomic mass is 10.1. The van der Waals surface area contributed by atoms with E-state index in [1.165, 1.54) is 24.3 Å². The first-order valence-corrected chi connectivity index (χ1v) is 8.62. The average Bonchev–Trinajstić information content (AvgIpc) is 2.98. The number of carbonyl (C=O) groups excluding carboxylic acids is 1. The van der Waals surface area contributed by atoms with Gasteiger partial charge in [0.2, 0.25) is 0 Å². The molecule has 28 heavy (non-hydrogen) atoms. The standard InChI is InChI=1S/C17H10ClF3N2O3.C2H6/c1-8-10-6-5-9(16(25)26)7-13(10)23(22-8)15(24)14-11(17(19,20)21)3-2-4-12(14)18;1-2/h2-7H,1H3,(H,25,26);1-2H3. The van der Waals surface area contributed by atoms with Gasteiger partial charge in [0.1, 0.15) is 0 Å². The molecule has 0 bridgehead atoms. The van der Waals surface area contributed by atoms with Crippen molar-refractivity contribution in [2.75, 3.05) is 0 Å². The number of carboxylic acid groups (broad SMARTS) is 1. The highest BCUT2D eigenvalue weighted by molar-refractivity contribution is 6.34. The Morgan fingerprint density at radius 3 is 2.36 bits per heavy atom. The van der Waals surface area contributed by atoms with Gasteiger partial charge < -0.3 is 5.11 Å². The molecule has 3 aromatic rings. The molecule has 0 unspecified atom stereocenters. The molecule has 0 atom stereocenters. The van der Waals surface area contributed by atoms with Crippen molar-refractivity contribution in [3.63, 3.8) is 0 Å². The van der Waals surface area contributed by atoms with Gasteiger partial charge in [-0.15, -0.1) is 0 Å². The first-order chi connectivity index (χ1) is 13.1. The maximum absolute atomic E-state index is 13.3. The van der Waals surface area contributed by atoms with E-state index in [4.69, 9.17) is 16.7 Å². The minimum atomic E-state index is -4.79. The number of alkyl halides is 3. The monoisotopic (exact) mass is 412 g/mol. The Balaban J connectivity index is 0.00000136. The smallest absolute Gasteiger partial charge is 0.417 e. The van der Waals surface area contributed by atoms with E-state index in [1.54, 1.807) is 6.92 Å². The predicted molar refractivity (Wildman–Crippen MR) is 99.0 cm³/mol. The number of hydrogen-bond acceptors (Lipinski definition) is 3. The number of aromatic nitrogens is 2. The number of hydrogen-bond donors (Lipinski definition) is 1. The number of carbonyl (C=O) groups is 2. The van der Waals surface area contributed by atoms with Gasteiger partial charge in [-0.25, -0.2) is 4.79 Å². The summed E-state index contributed by atoms with van der Waals surface area (Å²) in [5.41, 5.74) is -1.61. The van der Waals surface area contributed by atoms with Crippen LogP contribution in [0.15, 0.2) is 36.4 Å². The third-order valence-electron chi connectivity index (χ3n) is 3.84. The summed E-state index contributed by atoms with van der Waals surface area (Å²) in [6.07, 6.45) is -4.79. The molecule has 0 saturated carbocycles. The van der Waals surface area contributed by atoms with Gasteiger partial charge in [0.25, 0.3) is 5.91 Å². The number of aromatic carboxylic acids is 1. The molecule has 1 heterocycles. The van der Waals surface area contributed by atoms with Gasteiger partial charge in [0.05, 0.1) is 32.9 Å². The fourth-order valence-electron chi connectivity index (χ4n) is 2.64. The van der Waals surface area contributed by atoms with Crippen LogP contribution in [0.25, 0.3) is 10.9 Å². The number of benzene rings is 2. The first-order valence-electron chi connectivity index (χ1n) is 8.24. The molecule has 0 fully saturated rings. The van der Waals surface area contributed by atoms with Gasteiger partial charge >= 0.3 is 12.1 Å². The third-order valence-corrected chi connectivity index (χ3v) is 4.15. The van der Waals surface area contributed by atoms with Crippen LogP contribution in [0.1, 0.15) is 45.8 Å². The quantitative estimate of drug-likeness (QED) is 0.609. The van der Waals surface area contributed by atoms with Crippen LogP contribution in [0.5, 0.6) is 0 Å². The minimum Gasteiger partial charge on any atom is -0.478 e. The molecular formula is C19H16ClF3N2O3. The van der Waals surface area contributed by atoms with Crippen LogP contribution in [0.2, 0.25) is 5.02 Å². The fraction of sp³-hybridized carbons (Fsp3) is 0.211. The van der Waals surface area contributed by atoms with Crippen LogP contribution >= 0.6 is 11.6 Å². The lowest BCUT2D eigenvalue weighted by molar-refractivity contribution is -0.137. The Morgan fingerprint density at radius 2 is 1.79 bits per heavy atom. The molecule has 3 rings (SSSR count). The number of fused-ring (bicyclic) bond motifs is 1. The molecule has 5 nitrogen and oxygen atoms in total. The topological polar surface area (TPSA) is 72.2 Å². The summed E-state index contributed by atoms with van der Waals surface area (Å²) in [6.45, 7) is 5.56. The number of halogens is 4. The lowest BCUT2D eigenvalue weighted by Gasteiger charge is -2.13. The van der Waals surface area contributed by atoms with Crippen LogP contribution in [0, 0.1) is 6.92 Å². The number of carboxylic acids is 1. The van der Waals surface area contributed by atoms with E-state index in [1.807, 2.05) is 13.8 Å². The van der Waals surface area contributed by atoms with E-state index >= 15 is 0 Å². The third kappa shape index (κ3) is 3.87. The van der Waals surface area contributed by atoms with E-state index in [9.17, 15) is 22.8 Å². The summed E-state index contributed by atoms with van der Waals surface area (Å²) in [7, 11) is 0. The molecule has 0 radical (unpaired) electrons. The van der Waals surface area contributed by atoms with Gasteiger partial charge in [0.15, 0.2) is 0 Å². The molecule has 0 saturated heterocycles. The highest BCUT2D eigenvalue weighted by atomic mass is 35.5. The highest BCUT2D eigenvalue weighted by Gasteiger charge is 2.37. The second kappa shape index (κ2) is 8.02. The fourth-order valence-corrected chi connectivity index (χ4v) is 2.90. The van der Waals surface area contributed by atoms with Crippen molar-refractivity contribution in [3.8, 4) is 0 Å². The molecule has 0 spiro atoms. The van der Waals surface area contributed by atoms with Crippen molar-refractivity contribution in [1.29, 1.82) is 0 Å². The predicted octanol–water partition coefficient (Wildman–Crippen LogP) is 5.43. The summed E-state index contributed by atoms with van der Waals surface area (Å²) >= 11 is 5.86. The van der Waals surface area contributed by atoms with Crippen molar-refractivity contribution >= 4 is 34.4 Å². The van der Waals surface area contributed by atoms with Crippen LogP contribution in [-0.4, -0.2) is 26.8 Å². The van der Waals surface area contributed by atoms with Crippen molar-refractivity contribution in [2.24, 2.45) is 0 Å². The summed E-state index contributed by atoms with van der Waals surface area (Å²) in [6, 6.07) is 6.97. The molecule has 0 amide bonds.